The normalized spacial score (nSPS) is 17.1. The zero-order valence-electron chi connectivity index (χ0n) is 13.9. The highest BCUT2D eigenvalue weighted by Crippen LogP contribution is 2.19. The van der Waals surface area contributed by atoms with Crippen LogP contribution in [-0.4, -0.2) is 47.7 Å². The fourth-order valence-electron chi connectivity index (χ4n) is 2.69. The lowest BCUT2D eigenvalue weighted by Crippen LogP contribution is -2.49. The molecule has 1 aromatic carbocycles. The van der Waals surface area contributed by atoms with Crippen molar-refractivity contribution in [2.45, 2.75) is 19.1 Å². The monoisotopic (exact) mass is 363 g/mol. The van der Waals surface area contributed by atoms with Gasteiger partial charge in [0.2, 0.25) is 0 Å². The van der Waals surface area contributed by atoms with Crippen molar-refractivity contribution in [1.29, 1.82) is 0 Å². The predicted octanol–water partition coefficient (Wildman–Crippen LogP) is 2.31. The van der Waals surface area contributed by atoms with Gasteiger partial charge in [0.25, 0.3) is 5.91 Å². The molecule has 3 rings (SSSR count). The van der Waals surface area contributed by atoms with E-state index in [1.165, 1.54) is 35.2 Å². The van der Waals surface area contributed by atoms with Crippen LogP contribution in [0.1, 0.15) is 22.7 Å². The minimum atomic E-state index is -0.994. The lowest BCUT2D eigenvalue weighted by atomic mass is 10.1. The molecule has 0 bridgehead atoms. The number of carbonyl (C=O) groups is 2. The van der Waals surface area contributed by atoms with Crippen molar-refractivity contribution < 1.29 is 33.0 Å². The van der Waals surface area contributed by atoms with Gasteiger partial charge >= 0.3 is 5.97 Å². The molecule has 1 saturated heterocycles. The average molecular weight is 363 g/mol. The molecule has 1 aromatic heterocycles. The second-order valence-electron chi connectivity index (χ2n) is 5.83. The van der Waals surface area contributed by atoms with Crippen molar-refractivity contribution in [2.24, 2.45) is 0 Å². The number of furan rings is 1. The number of halogens is 1. The van der Waals surface area contributed by atoms with Crippen molar-refractivity contribution in [2.75, 3.05) is 19.8 Å². The fourth-order valence-corrected chi connectivity index (χ4v) is 2.69. The molecular weight excluding hydrogens is 345 g/mol. The van der Waals surface area contributed by atoms with Gasteiger partial charge < -0.3 is 23.9 Å². The van der Waals surface area contributed by atoms with Gasteiger partial charge in [0, 0.05) is 6.54 Å². The van der Waals surface area contributed by atoms with E-state index in [2.05, 4.69) is 0 Å². The van der Waals surface area contributed by atoms with Gasteiger partial charge in [-0.2, -0.15) is 0 Å². The quantitative estimate of drug-likeness (QED) is 0.847. The number of nitrogens with zero attached hydrogens (tertiary/aromatic N) is 1. The van der Waals surface area contributed by atoms with Crippen LogP contribution in [0, 0.1) is 5.82 Å². The Morgan fingerprint density at radius 1 is 1.23 bits per heavy atom. The van der Waals surface area contributed by atoms with Gasteiger partial charge in [-0.05, 0) is 36.4 Å². The van der Waals surface area contributed by atoms with E-state index in [0.717, 1.165) is 0 Å². The molecule has 1 atom stereocenters. The number of morpholine rings is 1. The Kier molecular flexibility index (Phi) is 5.52. The topological polar surface area (TPSA) is 89.2 Å². The third-order valence-corrected chi connectivity index (χ3v) is 3.97. The number of hydrogen-bond donors (Lipinski definition) is 1. The van der Waals surface area contributed by atoms with Crippen LogP contribution in [0.3, 0.4) is 0 Å². The molecular formula is C18H18FNO6. The second kappa shape index (κ2) is 8.01. The highest BCUT2D eigenvalue weighted by molar-refractivity contribution is 5.92. The molecule has 0 radical (unpaired) electrons. The summed E-state index contributed by atoms with van der Waals surface area (Å²) in [5, 5.41) is 8.98. The number of rotatable bonds is 6. The third-order valence-electron chi connectivity index (χ3n) is 3.97. The number of carbonyl (C=O) groups excluding carboxylic acids is 1. The predicted molar refractivity (Wildman–Crippen MR) is 87.3 cm³/mol. The molecule has 0 spiro atoms. The van der Waals surface area contributed by atoms with E-state index in [1.807, 2.05) is 0 Å². The smallest absolute Gasteiger partial charge is 0.305 e. The third kappa shape index (κ3) is 4.40. The summed E-state index contributed by atoms with van der Waals surface area (Å²) in [4.78, 5) is 25.0. The summed E-state index contributed by atoms with van der Waals surface area (Å²) in [7, 11) is 0. The first-order chi connectivity index (χ1) is 12.5. The van der Waals surface area contributed by atoms with Gasteiger partial charge in [-0.25, -0.2) is 4.39 Å². The Morgan fingerprint density at radius 2 is 2.00 bits per heavy atom. The zero-order chi connectivity index (χ0) is 18.5. The summed E-state index contributed by atoms with van der Waals surface area (Å²) in [6.45, 7) is 0.919. The van der Waals surface area contributed by atoms with Gasteiger partial charge in [0.15, 0.2) is 5.76 Å². The van der Waals surface area contributed by atoms with Crippen molar-refractivity contribution in [3.05, 3.63) is 53.7 Å². The molecule has 0 saturated carbocycles. The molecule has 1 unspecified atom stereocenters. The zero-order valence-corrected chi connectivity index (χ0v) is 13.9. The first-order valence-electron chi connectivity index (χ1n) is 8.10. The van der Waals surface area contributed by atoms with Crippen LogP contribution in [0.15, 0.2) is 40.8 Å². The summed E-state index contributed by atoms with van der Waals surface area (Å²) in [5.41, 5.74) is 0. The fraction of sp³-hybridized carbons (Fsp3) is 0.333. The lowest BCUT2D eigenvalue weighted by Gasteiger charge is -2.34. The van der Waals surface area contributed by atoms with Crippen molar-refractivity contribution >= 4 is 11.9 Å². The largest absolute Gasteiger partial charge is 0.486 e. The number of carboxylic acid groups (broad SMARTS) is 1. The molecule has 0 aliphatic carbocycles. The maximum absolute atomic E-state index is 12.9. The number of hydrogen-bond acceptors (Lipinski definition) is 5. The van der Waals surface area contributed by atoms with Crippen molar-refractivity contribution in [3.8, 4) is 5.75 Å². The van der Waals surface area contributed by atoms with E-state index < -0.39 is 12.0 Å². The van der Waals surface area contributed by atoms with E-state index in [0.29, 0.717) is 24.7 Å². The van der Waals surface area contributed by atoms with Gasteiger partial charge in [-0.3, -0.25) is 9.59 Å². The lowest BCUT2D eigenvalue weighted by molar-refractivity contribution is -0.139. The summed E-state index contributed by atoms with van der Waals surface area (Å²) in [6.07, 6.45) is -0.188. The van der Waals surface area contributed by atoms with E-state index in [1.54, 1.807) is 6.07 Å². The Hall–Kier alpha value is -2.87. The van der Waals surface area contributed by atoms with Crippen LogP contribution >= 0.6 is 0 Å². The van der Waals surface area contributed by atoms with Crippen LogP contribution in [-0.2, 0) is 16.1 Å². The number of amides is 1. The molecule has 26 heavy (non-hydrogen) atoms. The van der Waals surface area contributed by atoms with Crippen LogP contribution in [0.4, 0.5) is 4.39 Å². The highest BCUT2D eigenvalue weighted by atomic mass is 19.1. The number of ether oxygens (including phenoxy) is 2. The van der Waals surface area contributed by atoms with Crippen LogP contribution < -0.4 is 4.74 Å². The van der Waals surface area contributed by atoms with Gasteiger partial charge in [0.1, 0.15) is 23.9 Å². The van der Waals surface area contributed by atoms with Crippen molar-refractivity contribution in [1.82, 2.24) is 4.90 Å². The van der Waals surface area contributed by atoms with E-state index >= 15 is 0 Å². The van der Waals surface area contributed by atoms with E-state index in [9.17, 15) is 14.0 Å². The Morgan fingerprint density at radius 3 is 2.73 bits per heavy atom. The Bertz CT molecular complexity index is 772. The van der Waals surface area contributed by atoms with Gasteiger partial charge in [-0.15, -0.1) is 0 Å². The molecule has 1 aliphatic rings. The Labute approximate surface area is 148 Å². The summed E-state index contributed by atoms with van der Waals surface area (Å²) < 4.78 is 29.1. The molecule has 7 nitrogen and oxygen atoms in total. The van der Waals surface area contributed by atoms with Gasteiger partial charge in [0.05, 0.1) is 25.7 Å². The minimum absolute atomic E-state index is 0.0839. The standard InChI is InChI=1S/C18H18FNO6/c19-12-1-3-14(4-2-12)25-11-15-5-6-16(26-15)18(23)20-7-8-24-10-13(20)9-17(21)22/h1-6,13H,7-11H2,(H,21,22). The number of carboxylic acids is 1. The molecule has 1 aliphatic heterocycles. The molecule has 138 valence electrons. The SMILES string of the molecule is O=C(O)CC1COCCN1C(=O)c1ccc(COc2ccc(F)cc2)o1. The van der Waals surface area contributed by atoms with E-state index in [-0.39, 0.29) is 37.1 Å². The molecule has 2 heterocycles. The van der Waals surface area contributed by atoms with Crippen LogP contribution in [0.2, 0.25) is 0 Å². The first kappa shape index (κ1) is 17.9. The summed E-state index contributed by atoms with van der Waals surface area (Å²) >= 11 is 0. The number of benzene rings is 1. The molecule has 1 amide bonds. The van der Waals surface area contributed by atoms with Crippen LogP contribution in [0.5, 0.6) is 5.75 Å². The van der Waals surface area contributed by atoms with E-state index in [4.69, 9.17) is 19.0 Å². The summed E-state index contributed by atoms with van der Waals surface area (Å²) in [6, 6.07) is 8.17. The second-order valence-corrected chi connectivity index (χ2v) is 5.83. The summed E-state index contributed by atoms with van der Waals surface area (Å²) in [5.74, 6) is -0.713. The van der Waals surface area contributed by atoms with Crippen LogP contribution in [0.25, 0.3) is 0 Å². The van der Waals surface area contributed by atoms with Crippen molar-refractivity contribution in [3.63, 3.8) is 0 Å². The maximum Gasteiger partial charge on any atom is 0.305 e. The van der Waals surface area contributed by atoms with Gasteiger partial charge in [-0.1, -0.05) is 0 Å². The molecule has 1 fully saturated rings. The first-order valence-corrected chi connectivity index (χ1v) is 8.10. The maximum atomic E-state index is 12.9. The molecule has 8 heteroatoms. The molecule has 1 N–H and O–H groups in total. The minimum Gasteiger partial charge on any atom is -0.486 e. The highest BCUT2D eigenvalue weighted by Gasteiger charge is 2.31. The molecule has 2 aromatic rings. The average Bonchev–Trinajstić information content (AvgIpc) is 3.10. The Balaban J connectivity index is 1.63. The number of aliphatic carboxylic acids is 1.